The zero-order chi connectivity index (χ0) is 39.1. The van der Waals surface area contributed by atoms with Gasteiger partial charge in [-0.05, 0) is 128 Å². The highest BCUT2D eigenvalue weighted by Gasteiger charge is 2.68. The molecule has 8 nitrogen and oxygen atoms in total. The van der Waals surface area contributed by atoms with Crippen LogP contribution in [0.4, 0.5) is 0 Å². The minimum Gasteiger partial charge on any atom is -0.478 e. The molecule has 54 heavy (non-hydrogen) atoms. The molecule has 2 N–H and O–H groups in total. The summed E-state index contributed by atoms with van der Waals surface area (Å²) >= 11 is 0. The van der Waals surface area contributed by atoms with Crippen LogP contribution in [-0.2, 0) is 9.47 Å². The van der Waals surface area contributed by atoms with Crippen molar-refractivity contribution in [3.05, 3.63) is 82.4 Å². The molecule has 0 aromatic heterocycles. The maximum Gasteiger partial charge on any atom is 0.339 e. The third-order valence-electron chi connectivity index (χ3n) is 16.4. The number of ether oxygens (including phenoxy) is 2. The maximum absolute atomic E-state index is 13.5. The Bertz CT molecular complexity index is 1910. The number of rotatable bonds is 7. The molecule has 5 aliphatic carbocycles. The monoisotopic (exact) mass is 738 g/mol. The number of allylic oxidation sites excluding steroid dienone is 2. The van der Waals surface area contributed by atoms with Crippen LogP contribution in [0.1, 0.15) is 154 Å². The Morgan fingerprint density at radius 1 is 0.685 bits per heavy atom. The van der Waals surface area contributed by atoms with Crippen LogP contribution in [0.2, 0.25) is 0 Å². The van der Waals surface area contributed by atoms with Gasteiger partial charge in [0.15, 0.2) is 0 Å². The molecule has 7 rings (SSSR count). The van der Waals surface area contributed by atoms with Crippen LogP contribution < -0.4 is 0 Å². The Balaban J connectivity index is 1.12. The normalized spacial score (nSPS) is 37.9. The van der Waals surface area contributed by atoms with Crippen LogP contribution in [0.15, 0.2) is 60.2 Å². The average Bonchev–Trinajstić information content (AvgIpc) is 3.13. The predicted octanol–water partition coefficient (Wildman–Crippen LogP) is 10.3. The first-order valence-electron chi connectivity index (χ1n) is 20.0. The minimum absolute atomic E-state index is 0.0252. The second-order valence-electron chi connectivity index (χ2n) is 19.5. The number of benzene rings is 2. The molecular weight excluding hydrogens is 680 g/mol. The number of carboxylic acid groups (broad SMARTS) is 2. The van der Waals surface area contributed by atoms with Crippen molar-refractivity contribution >= 4 is 23.9 Å². The molecule has 0 heterocycles. The number of carbonyl (C=O) groups is 4. The molecular formula is C46H58O8. The average molecular weight is 739 g/mol. The lowest BCUT2D eigenvalue weighted by Crippen LogP contribution is -2.64. The topological polar surface area (TPSA) is 127 Å². The van der Waals surface area contributed by atoms with E-state index < -0.39 is 23.9 Å². The van der Waals surface area contributed by atoms with E-state index in [2.05, 4.69) is 54.5 Å². The van der Waals surface area contributed by atoms with E-state index in [1.165, 1.54) is 18.2 Å². The highest BCUT2D eigenvalue weighted by molar-refractivity contribution is 6.03. The second-order valence-corrected chi connectivity index (χ2v) is 19.5. The molecule has 8 heteroatoms. The highest BCUT2D eigenvalue weighted by atomic mass is 16.5. The molecule has 0 amide bonds. The largest absolute Gasteiger partial charge is 0.478 e. The van der Waals surface area contributed by atoms with Gasteiger partial charge in [-0.1, -0.05) is 84.4 Å². The number of hydrogen-bond donors (Lipinski definition) is 2. The Morgan fingerprint density at radius 2 is 1.26 bits per heavy atom. The molecule has 0 unspecified atom stereocenters. The molecule has 290 valence electrons. The summed E-state index contributed by atoms with van der Waals surface area (Å²) in [6, 6.07) is 12.6. The van der Waals surface area contributed by atoms with Crippen LogP contribution in [0.25, 0.3) is 0 Å². The lowest BCUT2D eigenvalue weighted by molar-refractivity contribution is -0.203. The molecule has 9 atom stereocenters. The van der Waals surface area contributed by atoms with Crippen molar-refractivity contribution in [1.82, 2.24) is 0 Å². The minimum atomic E-state index is -1.14. The molecule has 0 spiro atoms. The van der Waals surface area contributed by atoms with Crippen LogP contribution in [0.5, 0.6) is 0 Å². The smallest absolute Gasteiger partial charge is 0.339 e. The van der Waals surface area contributed by atoms with Gasteiger partial charge >= 0.3 is 23.9 Å². The fourth-order valence-corrected chi connectivity index (χ4v) is 12.9. The Labute approximate surface area is 320 Å². The van der Waals surface area contributed by atoms with Crippen LogP contribution >= 0.6 is 0 Å². The summed E-state index contributed by atoms with van der Waals surface area (Å²) in [5.41, 5.74) is 1.57. The summed E-state index contributed by atoms with van der Waals surface area (Å²) in [6.07, 6.45) is 12.5. The van der Waals surface area contributed by atoms with Crippen molar-refractivity contribution in [3.8, 4) is 0 Å². The summed E-state index contributed by atoms with van der Waals surface area (Å²) in [6.45, 7) is 17.1. The van der Waals surface area contributed by atoms with Gasteiger partial charge in [0, 0.05) is 10.8 Å². The van der Waals surface area contributed by atoms with Crippen LogP contribution in [-0.4, -0.2) is 46.8 Å². The molecule has 0 radical (unpaired) electrons. The first-order chi connectivity index (χ1) is 25.3. The van der Waals surface area contributed by atoms with Crippen molar-refractivity contribution in [1.29, 1.82) is 0 Å². The van der Waals surface area contributed by atoms with Gasteiger partial charge < -0.3 is 19.7 Å². The number of esters is 2. The summed E-state index contributed by atoms with van der Waals surface area (Å²) in [4.78, 5) is 50.3. The van der Waals surface area contributed by atoms with Crippen molar-refractivity contribution in [2.75, 3.05) is 6.61 Å². The van der Waals surface area contributed by atoms with Crippen molar-refractivity contribution in [2.45, 2.75) is 119 Å². The maximum atomic E-state index is 13.5. The van der Waals surface area contributed by atoms with Crippen molar-refractivity contribution in [2.24, 2.45) is 50.2 Å². The summed E-state index contributed by atoms with van der Waals surface area (Å²) < 4.78 is 12.2. The van der Waals surface area contributed by atoms with E-state index in [-0.39, 0.29) is 67.5 Å². The van der Waals surface area contributed by atoms with Crippen LogP contribution in [0.3, 0.4) is 0 Å². The number of hydrogen-bond acceptors (Lipinski definition) is 6. The quantitative estimate of drug-likeness (QED) is 0.212. The van der Waals surface area contributed by atoms with E-state index in [9.17, 15) is 29.4 Å². The van der Waals surface area contributed by atoms with Crippen LogP contribution in [0, 0.1) is 50.2 Å². The lowest BCUT2D eigenvalue weighted by atomic mass is 9.33. The van der Waals surface area contributed by atoms with E-state index in [0.717, 1.165) is 64.2 Å². The molecule has 0 saturated heterocycles. The molecule has 5 aliphatic rings. The summed E-state index contributed by atoms with van der Waals surface area (Å²) in [5.74, 6) is -2.22. The van der Waals surface area contributed by atoms with E-state index in [1.54, 1.807) is 35.9 Å². The summed E-state index contributed by atoms with van der Waals surface area (Å²) in [7, 11) is 0. The Kier molecular flexibility index (Phi) is 9.29. The van der Waals surface area contributed by atoms with E-state index in [1.807, 2.05) is 0 Å². The summed E-state index contributed by atoms with van der Waals surface area (Å²) in [5, 5.41) is 19.4. The standard InChI is InChI=1S/C46H58O8/c1-41(2)34-18-21-46(7)35(44(34,5)20-19-36(41)54-40(52)31-15-11-9-13-29(31)38(49)50)17-16-32-33-26-42(3,22-23-43(33,4)24-25-45(32,46)6)27-53-39(51)30-14-10-8-12-28(30)37(47)48/h8-16,33-36H,17-27H2,1-7H3,(H,47,48)(H,49,50)/t33-,34-,35+,36-,42-,43+,44-,45+,46+/m0/s1. The Morgan fingerprint density at radius 3 is 1.87 bits per heavy atom. The predicted molar refractivity (Wildman–Crippen MR) is 205 cm³/mol. The number of carboxylic acids is 2. The van der Waals surface area contributed by atoms with Gasteiger partial charge in [0.2, 0.25) is 0 Å². The van der Waals surface area contributed by atoms with Gasteiger partial charge in [0.05, 0.1) is 28.9 Å². The zero-order valence-corrected chi connectivity index (χ0v) is 33.1. The van der Waals surface area contributed by atoms with E-state index in [4.69, 9.17) is 9.47 Å². The zero-order valence-electron chi connectivity index (χ0n) is 33.1. The van der Waals surface area contributed by atoms with Gasteiger partial charge in [0.1, 0.15) is 6.10 Å². The third kappa shape index (κ3) is 5.83. The number of aromatic carboxylic acids is 2. The van der Waals surface area contributed by atoms with Gasteiger partial charge in [-0.3, -0.25) is 0 Å². The van der Waals surface area contributed by atoms with E-state index >= 15 is 0 Å². The van der Waals surface area contributed by atoms with Gasteiger partial charge in [-0.25, -0.2) is 19.2 Å². The van der Waals surface area contributed by atoms with Gasteiger partial charge in [-0.15, -0.1) is 0 Å². The molecule has 4 fully saturated rings. The second kappa shape index (κ2) is 13.1. The van der Waals surface area contributed by atoms with Gasteiger partial charge in [-0.2, -0.15) is 0 Å². The Hall–Kier alpha value is -3.94. The van der Waals surface area contributed by atoms with E-state index in [0.29, 0.717) is 17.8 Å². The fourth-order valence-electron chi connectivity index (χ4n) is 12.9. The number of fused-ring (bicyclic) bond motifs is 7. The van der Waals surface area contributed by atoms with Crippen molar-refractivity contribution < 1.29 is 38.9 Å². The van der Waals surface area contributed by atoms with Crippen molar-refractivity contribution in [3.63, 3.8) is 0 Å². The first kappa shape index (κ1) is 38.3. The fraction of sp³-hybridized carbons (Fsp3) is 0.609. The van der Waals surface area contributed by atoms with Gasteiger partial charge in [0.25, 0.3) is 0 Å². The third-order valence-corrected chi connectivity index (χ3v) is 16.4. The lowest BCUT2D eigenvalue weighted by Gasteiger charge is -2.71. The molecule has 0 bridgehead atoms. The molecule has 2 aromatic rings. The SMILES string of the molecule is CC1(C)[C@@H](OC(=O)c2ccccc2C(=O)O)CC[C@]2(C)[C@H]3CC=C4[C@@H]5C[C@@](C)(COC(=O)c6ccccc6C(=O)O)CC[C@]5(C)CC[C@@]4(C)[C@]3(C)CC[C@@H]12. The molecule has 0 aliphatic heterocycles. The highest BCUT2D eigenvalue weighted by Crippen LogP contribution is 2.75. The first-order valence-corrected chi connectivity index (χ1v) is 20.0. The molecule has 4 saturated carbocycles. The number of carbonyl (C=O) groups excluding carboxylic acids is 2. The molecule has 2 aromatic carbocycles.